The van der Waals surface area contributed by atoms with E-state index in [0.717, 1.165) is 41.6 Å². The standard InChI is InChI=1S/C21H22N4O/c26-21(12-11-15-14-23-17-7-2-1-6-16(15)17)22-13-5-10-20-24-18-8-3-4-9-19(18)25-20/h1-4,6-9,14,23H,5,10-13H2,(H,22,26)(H,24,25). The van der Waals surface area contributed by atoms with Gasteiger partial charge in [-0.1, -0.05) is 30.3 Å². The summed E-state index contributed by atoms with van der Waals surface area (Å²) < 4.78 is 0. The molecule has 0 atom stereocenters. The van der Waals surface area contributed by atoms with Crippen LogP contribution in [0.1, 0.15) is 24.2 Å². The molecule has 1 amide bonds. The third kappa shape index (κ3) is 3.61. The maximum atomic E-state index is 12.1. The van der Waals surface area contributed by atoms with Crippen LogP contribution in [0.2, 0.25) is 0 Å². The Balaban J connectivity index is 1.21. The number of carbonyl (C=O) groups is 1. The molecule has 0 aliphatic heterocycles. The Morgan fingerprint density at radius 3 is 2.69 bits per heavy atom. The van der Waals surface area contributed by atoms with Crippen molar-refractivity contribution in [2.45, 2.75) is 25.7 Å². The van der Waals surface area contributed by atoms with Crippen molar-refractivity contribution in [3.63, 3.8) is 0 Å². The van der Waals surface area contributed by atoms with Crippen LogP contribution in [0.5, 0.6) is 0 Å². The van der Waals surface area contributed by atoms with Gasteiger partial charge in [-0.25, -0.2) is 4.98 Å². The monoisotopic (exact) mass is 346 g/mol. The summed E-state index contributed by atoms with van der Waals surface area (Å²) in [6, 6.07) is 16.2. The number of amides is 1. The summed E-state index contributed by atoms with van der Waals surface area (Å²) >= 11 is 0. The van der Waals surface area contributed by atoms with E-state index in [-0.39, 0.29) is 5.91 Å². The number of H-pyrrole nitrogens is 2. The molecule has 0 fully saturated rings. The topological polar surface area (TPSA) is 73.6 Å². The van der Waals surface area contributed by atoms with Crippen molar-refractivity contribution in [3.05, 3.63) is 66.1 Å². The van der Waals surface area contributed by atoms with Crippen LogP contribution in [0.15, 0.2) is 54.7 Å². The molecule has 0 unspecified atom stereocenters. The molecule has 0 aliphatic carbocycles. The molecule has 2 heterocycles. The number of aromatic amines is 2. The molecule has 2 aromatic carbocycles. The first-order chi connectivity index (χ1) is 12.8. The predicted molar refractivity (Wildman–Crippen MR) is 104 cm³/mol. The van der Waals surface area contributed by atoms with Crippen molar-refractivity contribution < 1.29 is 4.79 Å². The van der Waals surface area contributed by atoms with Crippen molar-refractivity contribution >= 4 is 27.8 Å². The van der Waals surface area contributed by atoms with Gasteiger partial charge < -0.3 is 15.3 Å². The van der Waals surface area contributed by atoms with Gasteiger partial charge >= 0.3 is 0 Å². The number of hydrogen-bond donors (Lipinski definition) is 3. The molecule has 0 saturated heterocycles. The van der Waals surface area contributed by atoms with Gasteiger partial charge in [0.2, 0.25) is 5.91 Å². The van der Waals surface area contributed by atoms with Gasteiger partial charge in [-0.05, 0) is 36.6 Å². The molecule has 3 N–H and O–H groups in total. The number of hydrogen-bond acceptors (Lipinski definition) is 2. The quantitative estimate of drug-likeness (QED) is 0.446. The van der Waals surface area contributed by atoms with E-state index in [0.29, 0.717) is 13.0 Å². The lowest BCUT2D eigenvalue weighted by atomic mass is 10.1. The fraction of sp³-hybridized carbons (Fsp3) is 0.238. The summed E-state index contributed by atoms with van der Waals surface area (Å²) in [4.78, 5) is 23.2. The number of aromatic nitrogens is 3. The van der Waals surface area contributed by atoms with Crippen LogP contribution in [-0.4, -0.2) is 27.4 Å². The number of rotatable bonds is 7. The van der Waals surface area contributed by atoms with Crippen LogP contribution in [0, 0.1) is 0 Å². The van der Waals surface area contributed by atoms with E-state index in [1.165, 1.54) is 10.9 Å². The number of imidazole rings is 1. The fourth-order valence-electron chi connectivity index (χ4n) is 3.28. The van der Waals surface area contributed by atoms with E-state index in [4.69, 9.17) is 0 Å². The first-order valence-corrected chi connectivity index (χ1v) is 9.05. The second kappa shape index (κ2) is 7.44. The van der Waals surface area contributed by atoms with Crippen LogP contribution in [0.25, 0.3) is 21.9 Å². The molecule has 0 radical (unpaired) electrons. The highest BCUT2D eigenvalue weighted by Gasteiger charge is 2.07. The molecule has 5 nitrogen and oxygen atoms in total. The number of carbonyl (C=O) groups excluding carboxylic acids is 1. The van der Waals surface area contributed by atoms with E-state index in [9.17, 15) is 4.79 Å². The minimum Gasteiger partial charge on any atom is -0.361 e. The van der Waals surface area contributed by atoms with Gasteiger partial charge in [0, 0.05) is 36.5 Å². The Bertz CT molecular complexity index is 998. The molecule has 26 heavy (non-hydrogen) atoms. The fourth-order valence-corrected chi connectivity index (χ4v) is 3.28. The van der Waals surface area contributed by atoms with E-state index in [2.05, 4.69) is 32.4 Å². The van der Waals surface area contributed by atoms with E-state index in [1.807, 2.05) is 42.6 Å². The summed E-state index contributed by atoms with van der Waals surface area (Å²) in [6.45, 7) is 0.670. The Labute approximate surface area is 151 Å². The maximum Gasteiger partial charge on any atom is 0.220 e. The normalized spacial score (nSPS) is 11.2. The summed E-state index contributed by atoms with van der Waals surface area (Å²) in [5.41, 5.74) is 4.36. The smallest absolute Gasteiger partial charge is 0.220 e. The highest BCUT2D eigenvalue weighted by Crippen LogP contribution is 2.18. The van der Waals surface area contributed by atoms with E-state index >= 15 is 0 Å². The third-order valence-electron chi connectivity index (χ3n) is 4.65. The van der Waals surface area contributed by atoms with Crippen molar-refractivity contribution in [2.75, 3.05) is 6.54 Å². The summed E-state index contributed by atoms with van der Waals surface area (Å²) in [5, 5.41) is 4.21. The summed E-state index contributed by atoms with van der Waals surface area (Å²) in [6.07, 6.45) is 4.96. The minimum absolute atomic E-state index is 0.0971. The molecule has 2 aromatic heterocycles. The number of nitrogens with one attached hydrogen (secondary N) is 3. The lowest BCUT2D eigenvalue weighted by Crippen LogP contribution is -2.25. The lowest BCUT2D eigenvalue weighted by Gasteiger charge is -2.04. The predicted octanol–water partition coefficient (Wildman–Crippen LogP) is 3.73. The second-order valence-electron chi connectivity index (χ2n) is 6.51. The van der Waals surface area contributed by atoms with Gasteiger partial charge in [-0.15, -0.1) is 0 Å². The maximum absolute atomic E-state index is 12.1. The lowest BCUT2D eigenvalue weighted by molar-refractivity contribution is -0.121. The van der Waals surface area contributed by atoms with Crippen molar-refractivity contribution in [1.82, 2.24) is 20.3 Å². The number of benzene rings is 2. The van der Waals surface area contributed by atoms with E-state index < -0.39 is 0 Å². The Morgan fingerprint density at radius 2 is 1.81 bits per heavy atom. The molecular weight excluding hydrogens is 324 g/mol. The summed E-state index contributed by atoms with van der Waals surface area (Å²) in [7, 11) is 0. The first kappa shape index (κ1) is 16.4. The van der Waals surface area contributed by atoms with Gasteiger partial charge in [0.05, 0.1) is 11.0 Å². The van der Waals surface area contributed by atoms with Crippen LogP contribution >= 0.6 is 0 Å². The molecule has 0 bridgehead atoms. The van der Waals surface area contributed by atoms with Gasteiger partial charge in [-0.3, -0.25) is 4.79 Å². The molecule has 4 rings (SSSR count). The van der Waals surface area contributed by atoms with Gasteiger partial charge in [0.1, 0.15) is 5.82 Å². The zero-order valence-electron chi connectivity index (χ0n) is 14.6. The van der Waals surface area contributed by atoms with Crippen LogP contribution in [0.4, 0.5) is 0 Å². The van der Waals surface area contributed by atoms with Gasteiger partial charge in [0.15, 0.2) is 0 Å². The van der Waals surface area contributed by atoms with Crippen molar-refractivity contribution in [3.8, 4) is 0 Å². The Hall–Kier alpha value is -3.08. The highest BCUT2D eigenvalue weighted by molar-refractivity contribution is 5.84. The van der Waals surface area contributed by atoms with Crippen molar-refractivity contribution in [1.29, 1.82) is 0 Å². The van der Waals surface area contributed by atoms with Gasteiger partial charge in [0.25, 0.3) is 0 Å². The Kier molecular flexibility index (Phi) is 4.69. The first-order valence-electron chi connectivity index (χ1n) is 9.05. The van der Waals surface area contributed by atoms with Crippen LogP contribution in [-0.2, 0) is 17.6 Å². The van der Waals surface area contributed by atoms with Gasteiger partial charge in [-0.2, -0.15) is 0 Å². The average molecular weight is 346 g/mol. The third-order valence-corrected chi connectivity index (χ3v) is 4.65. The number of aryl methyl sites for hydroxylation is 2. The molecule has 4 aromatic rings. The van der Waals surface area contributed by atoms with E-state index in [1.54, 1.807) is 0 Å². The molecular formula is C21H22N4O. The average Bonchev–Trinajstić information content (AvgIpc) is 3.27. The van der Waals surface area contributed by atoms with Crippen LogP contribution in [0.3, 0.4) is 0 Å². The molecule has 5 heteroatoms. The van der Waals surface area contributed by atoms with Crippen LogP contribution < -0.4 is 5.32 Å². The number of nitrogens with zero attached hydrogens (tertiary/aromatic N) is 1. The molecule has 0 saturated carbocycles. The number of para-hydroxylation sites is 3. The van der Waals surface area contributed by atoms with Crippen molar-refractivity contribution in [2.24, 2.45) is 0 Å². The zero-order valence-corrected chi connectivity index (χ0v) is 14.6. The summed E-state index contributed by atoms with van der Waals surface area (Å²) in [5.74, 6) is 1.07. The number of fused-ring (bicyclic) bond motifs is 2. The largest absolute Gasteiger partial charge is 0.361 e. The SMILES string of the molecule is O=C(CCc1c[nH]c2ccccc12)NCCCc1nc2ccccc2[nH]1. The molecule has 0 spiro atoms. The second-order valence-corrected chi connectivity index (χ2v) is 6.51. The molecule has 132 valence electrons. The Morgan fingerprint density at radius 1 is 1.00 bits per heavy atom. The minimum atomic E-state index is 0.0971. The zero-order chi connectivity index (χ0) is 17.8. The highest BCUT2D eigenvalue weighted by atomic mass is 16.1. The molecule has 0 aliphatic rings.